The zero-order chi connectivity index (χ0) is 33.8. The average Bonchev–Trinajstić information content (AvgIpc) is 3.33. The van der Waals surface area contributed by atoms with Crippen LogP contribution in [0.4, 0.5) is 0 Å². The summed E-state index contributed by atoms with van der Waals surface area (Å²) in [4.78, 5) is 50.8. The SMILES string of the molecule is CCC(=C(c1ccc(O)cc1)c1ccc(OCCNCc2ccc3c(c2)C(=O)N(C2CCC(=O)NC2=O)C3=O)cc1)c1ccc(O)cc1. The van der Waals surface area contributed by atoms with Crippen LogP contribution in [0.25, 0.3) is 11.1 Å². The number of allylic oxidation sites excluding steroid dienone is 1. The molecule has 1 saturated heterocycles. The topological polar surface area (TPSA) is 145 Å². The molecular weight excluding hydrogens is 610 g/mol. The number of rotatable bonds is 11. The molecule has 244 valence electrons. The van der Waals surface area contributed by atoms with Gasteiger partial charge in [0.15, 0.2) is 0 Å². The van der Waals surface area contributed by atoms with Crippen LogP contribution in [0.1, 0.15) is 69.2 Å². The maximum atomic E-state index is 13.1. The second kappa shape index (κ2) is 13.9. The number of piperidine rings is 1. The van der Waals surface area contributed by atoms with Gasteiger partial charge in [-0.3, -0.25) is 29.4 Å². The number of carbonyl (C=O) groups is 4. The second-order valence-electron chi connectivity index (χ2n) is 11.7. The van der Waals surface area contributed by atoms with Gasteiger partial charge in [0, 0.05) is 19.5 Å². The Kier molecular flexibility index (Phi) is 9.36. The first-order valence-corrected chi connectivity index (χ1v) is 15.8. The zero-order valence-corrected chi connectivity index (χ0v) is 26.4. The van der Waals surface area contributed by atoms with Crippen molar-refractivity contribution in [3.63, 3.8) is 0 Å². The Bertz CT molecular complexity index is 1900. The number of hydrogen-bond acceptors (Lipinski definition) is 8. The summed E-state index contributed by atoms with van der Waals surface area (Å²) in [6.07, 6.45) is 0.935. The van der Waals surface area contributed by atoms with Crippen LogP contribution >= 0.6 is 0 Å². The third kappa shape index (κ3) is 6.70. The van der Waals surface area contributed by atoms with Gasteiger partial charge in [0.25, 0.3) is 11.8 Å². The Morgan fingerprint density at radius 3 is 2.04 bits per heavy atom. The van der Waals surface area contributed by atoms with E-state index in [0.29, 0.717) is 25.4 Å². The lowest BCUT2D eigenvalue weighted by Crippen LogP contribution is -2.54. The summed E-state index contributed by atoms with van der Waals surface area (Å²) < 4.78 is 5.98. The van der Waals surface area contributed by atoms with Gasteiger partial charge in [-0.25, -0.2) is 0 Å². The van der Waals surface area contributed by atoms with Crippen LogP contribution < -0.4 is 15.4 Å². The molecule has 4 N–H and O–H groups in total. The highest BCUT2D eigenvalue weighted by Crippen LogP contribution is 2.36. The largest absolute Gasteiger partial charge is 0.508 e. The number of aromatic hydroxyl groups is 2. The van der Waals surface area contributed by atoms with Crippen LogP contribution in [-0.2, 0) is 16.1 Å². The summed E-state index contributed by atoms with van der Waals surface area (Å²) in [6.45, 7) is 3.43. The van der Waals surface area contributed by atoms with E-state index in [9.17, 15) is 29.4 Å². The van der Waals surface area contributed by atoms with E-state index in [1.165, 1.54) is 0 Å². The van der Waals surface area contributed by atoms with E-state index >= 15 is 0 Å². The molecule has 10 nitrogen and oxygen atoms in total. The summed E-state index contributed by atoms with van der Waals surface area (Å²) in [7, 11) is 0. The molecular formula is C38H35N3O7. The van der Waals surface area contributed by atoms with Crippen LogP contribution in [0.15, 0.2) is 91.0 Å². The van der Waals surface area contributed by atoms with E-state index in [-0.39, 0.29) is 35.5 Å². The van der Waals surface area contributed by atoms with Crippen molar-refractivity contribution in [1.29, 1.82) is 0 Å². The molecule has 4 aromatic rings. The van der Waals surface area contributed by atoms with Gasteiger partial charge in [0.2, 0.25) is 11.8 Å². The Morgan fingerprint density at radius 1 is 0.812 bits per heavy atom. The molecule has 0 saturated carbocycles. The Labute approximate surface area is 277 Å². The van der Waals surface area contributed by atoms with Crippen molar-refractivity contribution < 1.29 is 34.1 Å². The predicted octanol–water partition coefficient (Wildman–Crippen LogP) is 5.04. The predicted molar refractivity (Wildman–Crippen MR) is 179 cm³/mol. The number of nitrogens with zero attached hydrogens (tertiary/aromatic N) is 1. The second-order valence-corrected chi connectivity index (χ2v) is 11.7. The first-order chi connectivity index (χ1) is 23.2. The molecule has 48 heavy (non-hydrogen) atoms. The molecule has 6 rings (SSSR count). The number of nitrogens with one attached hydrogen (secondary N) is 2. The number of phenols is 2. The van der Waals surface area contributed by atoms with Gasteiger partial charge >= 0.3 is 0 Å². The highest BCUT2D eigenvalue weighted by atomic mass is 16.5. The minimum absolute atomic E-state index is 0.0733. The van der Waals surface area contributed by atoms with Crippen LogP contribution in [0.5, 0.6) is 17.2 Å². The van der Waals surface area contributed by atoms with Crippen molar-refractivity contribution in [2.75, 3.05) is 13.2 Å². The third-order valence-electron chi connectivity index (χ3n) is 8.55. The lowest BCUT2D eigenvalue weighted by atomic mass is 9.88. The first-order valence-electron chi connectivity index (χ1n) is 15.8. The van der Waals surface area contributed by atoms with E-state index < -0.39 is 29.7 Å². The fourth-order valence-corrected chi connectivity index (χ4v) is 6.15. The van der Waals surface area contributed by atoms with Crippen molar-refractivity contribution in [3.05, 3.63) is 124 Å². The molecule has 0 aliphatic carbocycles. The lowest BCUT2D eigenvalue weighted by Gasteiger charge is -2.27. The number of fused-ring (bicyclic) bond motifs is 1. The number of phenolic OH excluding ortho intramolecular Hbond substituents is 2. The maximum Gasteiger partial charge on any atom is 0.262 e. The van der Waals surface area contributed by atoms with Crippen molar-refractivity contribution in [3.8, 4) is 17.2 Å². The van der Waals surface area contributed by atoms with Crippen LogP contribution in [-0.4, -0.2) is 57.9 Å². The number of hydrogen-bond donors (Lipinski definition) is 4. The molecule has 4 amide bonds. The summed E-state index contributed by atoms with van der Waals surface area (Å²) in [5.74, 6) is -1.01. The number of ether oxygens (including phenoxy) is 1. The normalized spacial score (nSPS) is 16.4. The molecule has 1 fully saturated rings. The van der Waals surface area contributed by atoms with Gasteiger partial charge in [0.1, 0.15) is 29.9 Å². The molecule has 0 aromatic heterocycles. The molecule has 1 unspecified atom stereocenters. The molecule has 2 heterocycles. The van der Waals surface area contributed by atoms with Gasteiger partial charge in [-0.1, -0.05) is 49.4 Å². The standard InChI is InChI=1S/C38H35N3O7/c1-2-30(24-4-10-27(42)11-5-24)35(25-6-12-28(43)13-7-25)26-8-14-29(15-9-26)48-20-19-39-22-23-3-16-31-32(21-23)38(47)41(37(31)46)33-17-18-34(44)40-36(33)45/h3-16,21,33,39,42-43H,2,17-20,22H2,1H3,(H,40,44,45). The fourth-order valence-electron chi connectivity index (χ4n) is 6.15. The summed E-state index contributed by atoms with van der Waals surface area (Å²) >= 11 is 0. The number of carbonyl (C=O) groups excluding carboxylic acids is 4. The van der Waals surface area contributed by atoms with E-state index in [1.54, 1.807) is 42.5 Å². The first kappa shape index (κ1) is 32.2. The highest BCUT2D eigenvalue weighted by Gasteiger charge is 2.44. The van der Waals surface area contributed by atoms with Crippen molar-refractivity contribution in [2.45, 2.75) is 38.8 Å². The Balaban J connectivity index is 1.07. The monoisotopic (exact) mass is 645 g/mol. The Morgan fingerprint density at radius 2 is 1.42 bits per heavy atom. The van der Waals surface area contributed by atoms with E-state index in [2.05, 4.69) is 17.6 Å². The number of amides is 4. The molecule has 1 atom stereocenters. The van der Waals surface area contributed by atoms with E-state index in [1.807, 2.05) is 48.5 Å². The molecule has 2 aliphatic rings. The van der Waals surface area contributed by atoms with Crippen molar-refractivity contribution in [1.82, 2.24) is 15.5 Å². The molecule has 0 spiro atoms. The molecule has 10 heteroatoms. The quantitative estimate of drug-likeness (QED) is 0.101. The highest BCUT2D eigenvalue weighted by molar-refractivity contribution is 6.23. The van der Waals surface area contributed by atoms with Crippen LogP contribution in [0, 0.1) is 0 Å². The van der Waals surface area contributed by atoms with Crippen LogP contribution in [0.3, 0.4) is 0 Å². The van der Waals surface area contributed by atoms with Gasteiger partial charge in [-0.05, 0) is 94.8 Å². The summed E-state index contributed by atoms with van der Waals surface area (Å²) in [6, 6.07) is 26.1. The molecule has 2 aliphatic heterocycles. The Hall–Kier alpha value is -5.74. The molecule has 0 radical (unpaired) electrons. The lowest BCUT2D eigenvalue weighted by molar-refractivity contribution is -0.136. The molecule has 4 aromatic carbocycles. The fraction of sp³-hybridized carbons (Fsp3) is 0.211. The van der Waals surface area contributed by atoms with Gasteiger partial charge < -0.3 is 20.3 Å². The number of imide groups is 2. The van der Waals surface area contributed by atoms with E-state index in [0.717, 1.165) is 44.7 Å². The van der Waals surface area contributed by atoms with E-state index in [4.69, 9.17) is 4.74 Å². The van der Waals surface area contributed by atoms with Gasteiger partial charge in [0.05, 0.1) is 11.1 Å². The van der Waals surface area contributed by atoms with Crippen molar-refractivity contribution >= 4 is 34.8 Å². The third-order valence-corrected chi connectivity index (χ3v) is 8.55. The summed E-state index contributed by atoms with van der Waals surface area (Å²) in [5.41, 5.74) is 6.35. The van der Waals surface area contributed by atoms with Gasteiger partial charge in [-0.2, -0.15) is 0 Å². The minimum atomic E-state index is -0.994. The van der Waals surface area contributed by atoms with Crippen LogP contribution in [0.2, 0.25) is 0 Å². The molecule has 0 bridgehead atoms. The summed E-state index contributed by atoms with van der Waals surface area (Å²) in [5, 5.41) is 25.2. The smallest absolute Gasteiger partial charge is 0.262 e. The van der Waals surface area contributed by atoms with Crippen molar-refractivity contribution in [2.24, 2.45) is 0 Å². The zero-order valence-electron chi connectivity index (χ0n) is 26.4. The van der Waals surface area contributed by atoms with Gasteiger partial charge in [-0.15, -0.1) is 0 Å². The average molecular weight is 646 g/mol. The maximum absolute atomic E-state index is 13.1. The minimum Gasteiger partial charge on any atom is -0.508 e. The number of benzene rings is 4.